The molecule has 0 atom stereocenters. The van der Waals surface area contributed by atoms with Crippen LogP contribution in [0.5, 0.6) is 0 Å². The maximum absolute atomic E-state index is 2.19. The van der Waals surface area contributed by atoms with Gasteiger partial charge in [0, 0.05) is 32.9 Å². The second kappa shape index (κ2) is 3.51. The van der Waals surface area contributed by atoms with Gasteiger partial charge in [0.25, 0.3) is 0 Å². The Bertz CT molecular complexity index is 196. The molecule has 0 saturated carbocycles. The lowest BCUT2D eigenvalue weighted by Gasteiger charge is -2.11. The average Bonchev–Trinajstić information content (AvgIpc) is 1.88. The first-order valence-corrected chi connectivity index (χ1v) is 3.57. The predicted molar refractivity (Wildman–Crippen MR) is 48.0 cm³/mol. The molecule has 1 aromatic rings. The second-order valence-electron chi connectivity index (χ2n) is 3.45. The normalized spacial score (nSPS) is 10.5. The molecule has 11 heavy (non-hydrogen) atoms. The van der Waals surface area contributed by atoms with Crippen LogP contribution in [0.4, 0.5) is 0 Å². The molecule has 0 unspecified atom stereocenters. The lowest BCUT2D eigenvalue weighted by Crippen LogP contribution is -2.49. The quantitative estimate of drug-likeness (QED) is 0.395. The minimum absolute atomic E-state index is 0. The third kappa shape index (κ3) is 2.71. The Kier molecular flexibility index (Phi) is 3.24. The molecule has 0 spiro atoms. The summed E-state index contributed by atoms with van der Waals surface area (Å²) in [5.41, 5.74) is 0.210. The zero-order valence-corrected chi connectivity index (χ0v) is 7.83. The molecule has 0 radical (unpaired) electrons. The van der Waals surface area contributed by atoms with Gasteiger partial charge in [-0.25, -0.2) is 4.57 Å². The topological polar surface area (TPSA) is 3.88 Å². The van der Waals surface area contributed by atoms with E-state index in [2.05, 4.69) is 37.7 Å². The van der Waals surface area contributed by atoms with Gasteiger partial charge in [0.15, 0.2) is 17.9 Å². The molecule has 0 aliphatic heterocycles. The summed E-state index contributed by atoms with van der Waals surface area (Å²) < 4.78 is 2.19. The Morgan fingerprint density at radius 3 is 1.64 bits per heavy atom. The van der Waals surface area contributed by atoms with Crippen LogP contribution in [0.25, 0.3) is 0 Å². The van der Waals surface area contributed by atoms with Gasteiger partial charge in [-0.15, -0.1) is 0 Å². The number of aromatic nitrogens is 1. The number of pyridine rings is 1. The Morgan fingerprint density at radius 2 is 1.36 bits per heavy atom. The van der Waals surface area contributed by atoms with Crippen LogP contribution < -0.4 is 4.57 Å². The molecule has 0 aliphatic carbocycles. The van der Waals surface area contributed by atoms with Gasteiger partial charge in [-0.3, -0.25) is 0 Å². The SMILES string of the molecule is CC(C)(C)[n+]1ccccc1.[CH3-]. The van der Waals surface area contributed by atoms with Crippen LogP contribution in [0.1, 0.15) is 20.8 Å². The lowest BCUT2D eigenvalue weighted by molar-refractivity contribution is -0.754. The third-order valence-corrected chi connectivity index (χ3v) is 1.49. The summed E-state index contributed by atoms with van der Waals surface area (Å²) in [6.45, 7) is 6.56. The number of rotatable bonds is 0. The maximum Gasteiger partial charge on any atom is 0.169 e. The van der Waals surface area contributed by atoms with E-state index in [0.29, 0.717) is 0 Å². The average molecular weight is 151 g/mol. The molecule has 1 aromatic heterocycles. The van der Waals surface area contributed by atoms with E-state index < -0.39 is 0 Å². The van der Waals surface area contributed by atoms with E-state index in [1.54, 1.807) is 0 Å². The molecule has 1 heteroatoms. The molecule has 1 rings (SSSR count). The minimum atomic E-state index is 0. The van der Waals surface area contributed by atoms with Crippen LogP contribution in [0.15, 0.2) is 30.6 Å². The highest BCUT2D eigenvalue weighted by Gasteiger charge is 2.19. The van der Waals surface area contributed by atoms with Crippen molar-refractivity contribution in [2.45, 2.75) is 26.3 Å². The molecule has 1 nitrogen and oxygen atoms in total. The summed E-state index contributed by atoms with van der Waals surface area (Å²) in [6, 6.07) is 6.12. The molecular formula is C10H17N. The molecule has 0 aromatic carbocycles. The van der Waals surface area contributed by atoms with Crippen molar-refractivity contribution in [2.24, 2.45) is 0 Å². The fourth-order valence-electron chi connectivity index (χ4n) is 0.846. The highest BCUT2D eigenvalue weighted by molar-refractivity contribution is 4.84. The van der Waals surface area contributed by atoms with Gasteiger partial charge in [-0.05, 0) is 0 Å². The van der Waals surface area contributed by atoms with Crippen LogP contribution >= 0.6 is 0 Å². The number of nitrogens with zero attached hydrogens (tertiary/aromatic N) is 1. The van der Waals surface area contributed by atoms with Gasteiger partial charge < -0.3 is 7.43 Å². The first-order chi connectivity index (χ1) is 4.61. The van der Waals surface area contributed by atoms with Crippen molar-refractivity contribution in [1.29, 1.82) is 0 Å². The summed E-state index contributed by atoms with van der Waals surface area (Å²) >= 11 is 0. The van der Waals surface area contributed by atoms with Crippen molar-refractivity contribution < 1.29 is 4.57 Å². The molecule has 0 N–H and O–H groups in total. The van der Waals surface area contributed by atoms with E-state index in [1.807, 2.05) is 18.2 Å². The molecule has 62 valence electrons. The van der Waals surface area contributed by atoms with Crippen molar-refractivity contribution in [1.82, 2.24) is 0 Å². The van der Waals surface area contributed by atoms with Gasteiger partial charge >= 0.3 is 0 Å². The standard InChI is InChI=1S/C9H14N.CH3/c1-9(2,3)10-7-5-4-6-8-10;/h4-8H,1-3H3;1H3/q+1;-1. The van der Waals surface area contributed by atoms with Gasteiger partial charge in [0.2, 0.25) is 0 Å². The molecule has 0 aliphatic rings. The Hall–Kier alpha value is -0.850. The van der Waals surface area contributed by atoms with E-state index in [-0.39, 0.29) is 13.0 Å². The van der Waals surface area contributed by atoms with Crippen LogP contribution in [0.2, 0.25) is 0 Å². The number of hydrogen-bond acceptors (Lipinski definition) is 0. The summed E-state index contributed by atoms with van der Waals surface area (Å²) in [5, 5.41) is 0. The minimum Gasteiger partial charge on any atom is -0.358 e. The fraction of sp³-hybridized carbons (Fsp3) is 0.400. The predicted octanol–water partition coefficient (Wildman–Crippen LogP) is 2.18. The highest BCUT2D eigenvalue weighted by atomic mass is 15.0. The maximum atomic E-state index is 2.19. The van der Waals surface area contributed by atoms with E-state index in [9.17, 15) is 0 Å². The van der Waals surface area contributed by atoms with Crippen molar-refractivity contribution in [3.63, 3.8) is 0 Å². The van der Waals surface area contributed by atoms with Crippen LogP contribution in [0, 0.1) is 7.43 Å². The summed E-state index contributed by atoms with van der Waals surface area (Å²) in [4.78, 5) is 0. The molecule has 0 bridgehead atoms. The van der Waals surface area contributed by atoms with Crippen molar-refractivity contribution >= 4 is 0 Å². The highest BCUT2D eigenvalue weighted by Crippen LogP contribution is 2.01. The smallest absolute Gasteiger partial charge is 0.169 e. The van der Waals surface area contributed by atoms with Crippen molar-refractivity contribution in [3.05, 3.63) is 38.0 Å². The Balaban J connectivity index is 0.000001000. The first kappa shape index (κ1) is 10.2. The summed E-state index contributed by atoms with van der Waals surface area (Å²) in [6.07, 6.45) is 4.17. The monoisotopic (exact) mass is 151 g/mol. The second-order valence-corrected chi connectivity index (χ2v) is 3.45. The lowest BCUT2D eigenvalue weighted by atomic mass is 10.1. The van der Waals surface area contributed by atoms with Crippen LogP contribution in [-0.2, 0) is 5.54 Å². The molecular weight excluding hydrogens is 134 g/mol. The first-order valence-electron chi connectivity index (χ1n) is 3.57. The van der Waals surface area contributed by atoms with Gasteiger partial charge in [-0.2, -0.15) is 0 Å². The van der Waals surface area contributed by atoms with Crippen LogP contribution in [0.3, 0.4) is 0 Å². The zero-order chi connectivity index (χ0) is 7.61. The molecule has 0 saturated heterocycles. The van der Waals surface area contributed by atoms with E-state index in [0.717, 1.165) is 0 Å². The molecule has 0 amide bonds. The van der Waals surface area contributed by atoms with Gasteiger partial charge in [-0.1, -0.05) is 6.07 Å². The Morgan fingerprint density at radius 1 is 0.909 bits per heavy atom. The zero-order valence-electron chi connectivity index (χ0n) is 7.83. The molecule has 0 fully saturated rings. The number of hydrogen-bond donors (Lipinski definition) is 0. The largest absolute Gasteiger partial charge is 0.358 e. The Labute approximate surface area is 69.7 Å². The van der Waals surface area contributed by atoms with Gasteiger partial charge in [0.1, 0.15) is 0 Å². The summed E-state index contributed by atoms with van der Waals surface area (Å²) in [7, 11) is 0. The van der Waals surface area contributed by atoms with Crippen molar-refractivity contribution in [3.8, 4) is 0 Å². The van der Waals surface area contributed by atoms with Gasteiger partial charge in [0.05, 0.1) is 0 Å². The molecule has 1 heterocycles. The third-order valence-electron chi connectivity index (χ3n) is 1.49. The fourth-order valence-corrected chi connectivity index (χ4v) is 0.846. The summed E-state index contributed by atoms with van der Waals surface area (Å²) in [5.74, 6) is 0. The van der Waals surface area contributed by atoms with E-state index in [1.165, 1.54) is 0 Å². The van der Waals surface area contributed by atoms with E-state index in [4.69, 9.17) is 0 Å². The van der Waals surface area contributed by atoms with Crippen molar-refractivity contribution in [2.75, 3.05) is 0 Å². The van der Waals surface area contributed by atoms with E-state index >= 15 is 0 Å². The van der Waals surface area contributed by atoms with Crippen LogP contribution in [-0.4, -0.2) is 0 Å².